The third-order valence-electron chi connectivity index (χ3n) is 2.27. The van der Waals surface area contributed by atoms with Crippen LogP contribution in [0.1, 0.15) is 30.5 Å². The van der Waals surface area contributed by atoms with Gasteiger partial charge in [-0.2, -0.15) is 0 Å². The Labute approximate surface area is 86.4 Å². The van der Waals surface area contributed by atoms with Gasteiger partial charge < -0.3 is 4.74 Å². The van der Waals surface area contributed by atoms with Gasteiger partial charge in [0.25, 0.3) is 0 Å². The maximum absolute atomic E-state index is 5.42. The highest BCUT2D eigenvalue weighted by Gasteiger charge is 2.06. The molecule has 1 aromatic rings. The lowest BCUT2D eigenvalue weighted by molar-refractivity contribution is 0.409. The van der Waals surface area contributed by atoms with Crippen LogP contribution in [0.2, 0.25) is 0 Å². The summed E-state index contributed by atoms with van der Waals surface area (Å²) in [5.41, 5.74) is 3.74. The Hall–Kier alpha value is -1.24. The Morgan fingerprint density at radius 3 is 2.57 bits per heavy atom. The number of hydrogen-bond donors (Lipinski definition) is 0. The molecule has 0 radical (unpaired) electrons. The van der Waals surface area contributed by atoms with E-state index < -0.39 is 0 Å². The minimum absolute atomic E-state index is 1.01. The minimum Gasteiger partial charge on any atom is -0.496 e. The second kappa shape index (κ2) is 4.85. The molecule has 1 nitrogen and oxygen atoms in total. The van der Waals surface area contributed by atoms with Gasteiger partial charge in [-0.3, -0.25) is 0 Å². The molecular formula is C13H18O. The molecule has 0 atom stereocenters. The average molecular weight is 190 g/mol. The molecule has 0 bridgehead atoms. The molecule has 0 aliphatic heterocycles. The normalized spacial score (nSPS) is 10.9. The van der Waals surface area contributed by atoms with Crippen molar-refractivity contribution < 1.29 is 4.74 Å². The molecule has 0 saturated heterocycles. The molecule has 0 fully saturated rings. The van der Waals surface area contributed by atoms with E-state index in [1.54, 1.807) is 7.11 Å². The second-order valence-corrected chi connectivity index (χ2v) is 3.40. The predicted molar refractivity (Wildman–Crippen MR) is 61.8 cm³/mol. The van der Waals surface area contributed by atoms with Gasteiger partial charge in [0.1, 0.15) is 5.75 Å². The summed E-state index contributed by atoms with van der Waals surface area (Å²) in [6.07, 6.45) is 5.14. The first-order valence-corrected chi connectivity index (χ1v) is 5.03. The van der Waals surface area contributed by atoms with Crippen molar-refractivity contribution >= 4 is 6.08 Å². The maximum atomic E-state index is 5.42. The van der Waals surface area contributed by atoms with E-state index in [-0.39, 0.29) is 0 Å². The number of hydrogen-bond acceptors (Lipinski definition) is 1. The van der Waals surface area contributed by atoms with Gasteiger partial charge in [0.15, 0.2) is 0 Å². The Bertz CT molecular complexity index is 337. The van der Waals surface area contributed by atoms with Crippen LogP contribution in [0.15, 0.2) is 18.2 Å². The van der Waals surface area contributed by atoms with Crippen molar-refractivity contribution in [3.05, 3.63) is 34.9 Å². The van der Waals surface area contributed by atoms with E-state index in [2.05, 4.69) is 32.1 Å². The lowest BCUT2D eigenvalue weighted by atomic mass is 10.0. The Morgan fingerprint density at radius 1 is 1.36 bits per heavy atom. The van der Waals surface area contributed by atoms with Crippen LogP contribution in [0.25, 0.3) is 6.08 Å². The van der Waals surface area contributed by atoms with E-state index in [1.165, 1.54) is 16.7 Å². The summed E-state index contributed by atoms with van der Waals surface area (Å²) in [5, 5.41) is 0. The average Bonchev–Trinajstić information content (AvgIpc) is 2.17. The zero-order chi connectivity index (χ0) is 10.6. The molecule has 0 amide bonds. The molecule has 1 heteroatoms. The molecule has 0 spiro atoms. The van der Waals surface area contributed by atoms with Gasteiger partial charge in [-0.05, 0) is 37.5 Å². The fourth-order valence-electron chi connectivity index (χ4n) is 1.69. The third kappa shape index (κ3) is 2.16. The Kier molecular flexibility index (Phi) is 3.75. The molecule has 0 N–H and O–H groups in total. The van der Waals surface area contributed by atoms with E-state index in [0.29, 0.717) is 0 Å². The van der Waals surface area contributed by atoms with Crippen LogP contribution < -0.4 is 4.74 Å². The van der Waals surface area contributed by atoms with Crippen LogP contribution in [0.3, 0.4) is 0 Å². The lowest BCUT2D eigenvalue weighted by Gasteiger charge is -2.11. The summed E-state index contributed by atoms with van der Waals surface area (Å²) in [4.78, 5) is 0. The van der Waals surface area contributed by atoms with Gasteiger partial charge in [-0.15, -0.1) is 0 Å². The quantitative estimate of drug-likeness (QED) is 0.707. The third-order valence-corrected chi connectivity index (χ3v) is 2.27. The number of ether oxygens (including phenoxy) is 1. The van der Waals surface area contributed by atoms with Crippen LogP contribution >= 0.6 is 0 Å². The van der Waals surface area contributed by atoms with Gasteiger partial charge in [0.2, 0.25) is 0 Å². The summed E-state index contributed by atoms with van der Waals surface area (Å²) >= 11 is 0. The van der Waals surface area contributed by atoms with Crippen molar-refractivity contribution in [1.82, 2.24) is 0 Å². The van der Waals surface area contributed by atoms with E-state index >= 15 is 0 Å². The van der Waals surface area contributed by atoms with Crippen LogP contribution in [-0.2, 0) is 6.42 Å². The summed E-state index contributed by atoms with van der Waals surface area (Å²) in [6, 6.07) is 4.34. The van der Waals surface area contributed by atoms with Crippen LogP contribution in [0, 0.1) is 6.92 Å². The molecule has 0 aliphatic carbocycles. The smallest absolute Gasteiger partial charge is 0.129 e. The van der Waals surface area contributed by atoms with Gasteiger partial charge in [0.05, 0.1) is 7.11 Å². The Morgan fingerprint density at radius 2 is 2.07 bits per heavy atom. The van der Waals surface area contributed by atoms with E-state index in [9.17, 15) is 0 Å². The number of methoxy groups -OCH3 is 1. The molecular weight excluding hydrogens is 172 g/mol. The minimum atomic E-state index is 1.01. The number of allylic oxidation sites excluding steroid dienone is 1. The zero-order valence-corrected chi connectivity index (χ0v) is 9.42. The molecule has 0 saturated carbocycles. The number of aryl methyl sites for hydroxylation is 2. The first-order chi connectivity index (χ1) is 6.72. The standard InChI is InChI=1S/C13H18O/c1-5-7-12-9-10(3)8-11(6-2)13(12)14-4/h5,7-9H,6H2,1-4H3/b7-5+. The monoisotopic (exact) mass is 190 g/mol. The van der Waals surface area contributed by atoms with Crippen molar-refractivity contribution in [2.75, 3.05) is 7.11 Å². The summed E-state index contributed by atoms with van der Waals surface area (Å²) in [7, 11) is 1.73. The van der Waals surface area contributed by atoms with Gasteiger partial charge >= 0.3 is 0 Å². The molecule has 76 valence electrons. The highest BCUT2D eigenvalue weighted by molar-refractivity contribution is 5.61. The highest BCUT2D eigenvalue weighted by Crippen LogP contribution is 2.27. The zero-order valence-electron chi connectivity index (χ0n) is 9.42. The lowest BCUT2D eigenvalue weighted by Crippen LogP contribution is -1.94. The number of rotatable bonds is 3. The molecule has 0 unspecified atom stereocenters. The molecule has 0 aliphatic rings. The van der Waals surface area contributed by atoms with Crippen molar-refractivity contribution in [3.8, 4) is 5.75 Å². The first kappa shape index (κ1) is 10.8. The van der Waals surface area contributed by atoms with Crippen molar-refractivity contribution in [3.63, 3.8) is 0 Å². The molecule has 1 aromatic carbocycles. The largest absolute Gasteiger partial charge is 0.496 e. The summed E-state index contributed by atoms with van der Waals surface area (Å²) < 4.78 is 5.42. The van der Waals surface area contributed by atoms with Gasteiger partial charge in [-0.25, -0.2) is 0 Å². The van der Waals surface area contributed by atoms with E-state index in [1.807, 2.05) is 13.0 Å². The van der Waals surface area contributed by atoms with Crippen molar-refractivity contribution in [2.45, 2.75) is 27.2 Å². The predicted octanol–water partition coefficient (Wildman–Crippen LogP) is 3.60. The highest BCUT2D eigenvalue weighted by atomic mass is 16.5. The molecule has 0 aromatic heterocycles. The van der Waals surface area contributed by atoms with Crippen LogP contribution in [0.5, 0.6) is 5.75 Å². The van der Waals surface area contributed by atoms with Crippen molar-refractivity contribution in [2.24, 2.45) is 0 Å². The fraction of sp³-hybridized carbons (Fsp3) is 0.385. The number of benzene rings is 1. The SMILES string of the molecule is C/C=C/c1cc(C)cc(CC)c1OC. The van der Waals surface area contributed by atoms with Crippen molar-refractivity contribution in [1.29, 1.82) is 0 Å². The van der Waals surface area contributed by atoms with Crippen LogP contribution in [0.4, 0.5) is 0 Å². The maximum Gasteiger partial charge on any atom is 0.129 e. The summed E-state index contributed by atoms with van der Waals surface area (Å²) in [5.74, 6) is 1.01. The van der Waals surface area contributed by atoms with E-state index in [0.717, 1.165) is 12.2 Å². The molecule has 1 rings (SSSR count). The molecule has 0 heterocycles. The second-order valence-electron chi connectivity index (χ2n) is 3.40. The summed E-state index contributed by atoms with van der Waals surface area (Å²) in [6.45, 7) is 6.29. The van der Waals surface area contributed by atoms with Gasteiger partial charge in [0, 0.05) is 5.56 Å². The van der Waals surface area contributed by atoms with Gasteiger partial charge in [-0.1, -0.05) is 25.1 Å². The Balaban J connectivity index is 3.31. The topological polar surface area (TPSA) is 9.23 Å². The molecule has 14 heavy (non-hydrogen) atoms. The fourth-order valence-corrected chi connectivity index (χ4v) is 1.69. The first-order valence-electron chi connectivity index (χ1n) is 5.03. The van der Waals surface area contributed by atoms with Crippen LogP contribution in [-0.4, -0.2) is 7.11 Å². The van der Waals surface area contributed by atoms with E-state index in [4.69, 9.17) is 4.74 Å².